The van der Waals surface area contributed by atoms with E-state index in [0.29, 0.717) is 15.7 Å². The molecule has 0 radical (unpaired) electrons. The highest BCUT2D eigenvalue weighted by Gasteiger charge is 2.32. The van der Waals surface area contributed by atoms with Crippen LogP contribution in [-0.2, 0) is 4.79 Å². The number of aryl methyl sites for hydroxylation is 1. The molecule has 0 aliphatic carbocycles. The number of benzene rings is 2. The van der Waals surface area contributed by atoms with Gasteiger partial charge in [0.15, 0.2) is 6.61 Å². The van der Waals surface area contributed by atoms with Crippen LogP contribution >= 0.6 is 15.9 Å². The van der Waals surface area contributed by atoms with E-state index in [-0.39, 0.29) is 22.6 Å². The second-order valence-electron chi connectivity index (χ2n) is 6.09. The molecule has 0 saturated heterocycles. The number of anilines is 1. The number of rotatable bonds is 5. The summed E-state index contributed by atoms with van der Waals surface area (Å²) in [5.74, 6) is -1.42. The van der Waals surface area contributed by atoms with Crippen molar-refractivity contribution in [3.05, 3.63) is 61.6 Å². The fourth-order valence-electron chi connectivity index (χ4n) is 2.81. The van der Waals surface area contributed by atoms with Crippen molar-refractivity contribution in [2.24, 2.45) is 0 Å². The minimum atomic E-state index is -0.593. The van der Waals surface area contributed by atoms with Crippen molar-refractivity contribution in [1.82, 2.24) is 4.90 Å². The Kier molecular flexibility index (Phi) is 5.14. The fourth-order valence-corrected chi connectivity index (χ4v) is 3.37. The fraction of sp³-hybridized carbons (Fsp3) is 0.167. The second kappa shape index (κ2) is 7.39. The molecule has 144 valence electrons. The van der Waals surface area contributed by atoms with Crippen LogP contribution in [0.3, 0.4) is 0 Å². The van der Waals surface area contributed by atoms with Crippen LogP contribution in [0.25, 0.3) is 0 Å². The molecule has 0 saturated carbocycles. The molecule has 2 aromatic rings. The minimum absolute atomic E-state index is 0.000275. The average Bonchev–Trinajstić information content (AvgIpc) is 2.84. The molecular weight excluding hydrogens is 434 g/mol. The van der Waals surface area contributed by atoms with Crippen molar-refractivity contribution in [3.63, 3.8) is 0 Å². The van der Waals surface area contributed by atoms with Crippen molar-refractivity contribution in [2.75, 3.05) is 19.0 Å². The summed E-state index contributed by atoms with van der Waals surface area (Å²) >= 11 is 3.18. The van der Waals surface area contributed by atoms with Gasteiger partial charge in [0.25, 0.3) is 17.7 Å². The molecule has 0 aromatic heterocycles. The smallest absolute Gasteiger partial charge is 0.312 e. The summed E-state index contributed by atoms with van der Waals surface area (Å²) in [5.41, 5.74) is 1.02. The van der Waals surface area contributed by atoms with Crippen molar-refractivity contribution in [1.29, 1.82) is 0 Å². The highest BCUT2D eigenvalue weighted by molar-refractivity contribution is 9.10. The Morgan fingerprint density at radius 1 is 1.21 bits per heavy atom. The molecule has 0 spiro atoms. The van der Waals surface area contributed by atoms with Crippen molar-refractivity contribution in [2.45, 2.75) is 6.92 Å². The molecule has 0 unspecified atom stereocenters. The number of nitrogens with one attached hydrogen (secondary N) is 1. The average molecular weight is 448 g/mol. The Morgan fingerprint density at radius 3 is 2.57 bits per heavy atom. The first-order valence-corrected chi connectivity index (χ1v) is 8.82. The van der Waals surface area contributed by atoms with E-state index in [9.17, 15) is 24.5 Å². The summed E-state index contributed by atoms with van der Waals surface area (Å²) < 4.78 is 5.89. The number of nitrogens with zero attached hydrogens (tertiary/aromatic N) is 2. The topological polar surface area (TPSA) is 119 Å². The maximum Gasteiger partial charge on any atom is 0.312 e. The zero-order valence-electron chi connectivity index (χ0n) is 14.8. The van der Waals surface area contributed by atoms with Gasteiger partial charge in [-0.05, 0) is 36.8 Å². The Balaban J connectivity index is 1.72. The number of ether oxygens (including phenoxy) is 1. The van der Waals surface area contributed by atoms with E-state index in [1.807, 2.05) is 0 Å². The lowest BCUT2D eigenvalue weighted by molar-refractivity contribution is -0.385. The number of fused-ring (bicyclic) bond motifs is 1. The van der Waals surface area contributed by atoms with E-state index in [1.165, 1.54) is 31.3 Å². The van der Waals surface area contributed by atoms with E-state index >= 15 is 0 Å². The number of nitro groups is 1. The summed E-state index contributed by atoms with van der Waals surface area (Å²) in [7, 11) is 1.38. The molecule has 1 aliphatic heterocycles. The van der Waals surface area contributed by atoms with Crippen LogP contribution in [0.1, 0.15) is 26.3 Å². The first-order valence-electron chi connectivity index (χ1n) is 8.02. The van der Waals surface area contributed by atoms with E-state index < -0.39 is 29.3 Å². The molecule has 0 atom stereocenters. The predicted octanol–water partition coefficient (Wildman–Crippen LogP) is 2.91. The van der Waals surface area contributed by atoms with Crippen molar-refractivity contribution in [3.8, 4) is 5.75 Å². The molecule has 0 fully saturated rings. The largest absolute Gasteiger partial charge is 0.477 e. The molecule has 10 heteroatoms. The lowest BCUT2D eigenvalue weighted by atomic mass is 10.1. The van der Waals surface area contributed by atoms with E-state index in [1.54, 1.807) is 13.0 Å². The van der Waals surface area contributed by atoms with Crippen LogP contribution in [0.5, 0.6) is 5.75 Å². The molecule has 1 aliphatic rings. The minimum Gasteiger partial charge on any atom is -0.477 e. The van der Waals surface area contributed by atoms with Gasteiger partial charge in [0.05, 0.1) is 16.1 Å². The summed E-state index contributed by atoms with van der Waals surface area (Å²) in [6.07, 6.45) is 0. The predicted molar refractivity (Wildman–Crippen MR) is 103 cm³/mol. The molecule has 3 amide bonds. The first-order chi connectivity index (χ1) is 13.2. The van der Waals surface area contributed by atoms with Gasteiger partial charge in [0.2, 0.25) is 5.75 Å². The SMILES string of the molecule is Cc1cc(Br)cc([N+](=O)[O-])c1OCC(=O)Nc1ccc2c(c1)C(=O)N(C)C2=O. The number of amides is 3. The first kappa shape index (κ1) is 19.5. The van der Waals surface area contributed by atoms with E-state index in [2.05, 4.69) is 21.2 Å². The molecule has 2 aromatic carbocycles. The monoisotopic (exact) mass is 447 g/mol. The molecule has 0 bridgehead atoms. The standard InChI is InChI=1S/C18H14BrN3O6/c1-9-5-10(19)6-14(22(26)27)16(9)28-8-15(23)20-11-3-4-12-13(7-11)18(25)21(2)17(12)24/h3-7H,8H2,1-2H3,(H,20,23). The zero-order valence-corrected chi connectivity index (χ0v) is 16.4. The zero-order chi connectivity index (χ0) is 20.6. The van der Waals surface area contributed by atoms with Gasteiger partial charge in [-0.15, -0.1) is 0 Å². The number of imide groups is 1. The Morgan fingerprint density at radius 2 is 1.89 bits per heavy atom. The molecular formula is C18H14BrN3O6. The van der Waals surface area contributed by atoms with E-state index in [4.69, 9.17) is 4.74 Å². The lowest BCUT2D eigenvalue weighted by Crippen LogP contribution is -2.24. The molecule has 1 N–H and O–H groups in total. The summed E-state index contributed by atoms with van der Waals surface area (Å²) in [5, 5.41) is 13.7. The number of carbonyl (C=O) groups excluding carboxylic acids is 3. The molecule has 9 nitrogen and oxygen atoms in total. The number of hydrogen-bond donors (Lipinski definition) is 1. The van der Waals surface area contributed by atoms with Gasteiger partial charge in [0.1, 0.15) is 0 Å². The van der Waals surface area contributed by atoms with Gasteiger partial charge in [-0.1, -0.05) is 15.9 Å². The summed E-state index contributed by atoms with van der Waals surface area (Å²) in [6, 6.07) is 7.29. The highest BCUT2D eigenvalue weighted by Crippen LogP contribution is 2.34. The third kappa shape index (κ3) is 3.58. The third-order valence-corrected chi connectivity index (χ3v) is 4.60. The third-order valence-electron chi connectivity index (χ3n) is 4.14. The van der Waals surface area contributed by atoms with Gasteiger partial charge in [-0.3, -0.25) is 29.4 Å². The maximum absolute atomic E-state index is 12.2. The van der Waals surface area contributed by atoms with Gasteiger partial charge in [0, 0.05) is 23.3 Å². The van der Waals surface area contributed by atoms with Gasteiger partial charge in [-0.25, -0.2) is 0 Å². The van der Waals surface area contributed by atoms with Crippen LogP contribution < -0.4 is 10.1 Å². The van der Waals surface area contributed by atoms with Gasteiger partial charge < -0.3 is 10.1 Å². The quantitative estimate of drug-likeness (QED) is 0.427. The van der Waals surface area contributed by atoms with Crippen molar-refractivity contribution >= 4 is 45.0 Å². The van der Waals surface area contributed by atoms with Crippen LogP contribution in [0.15, 0.2) is 34.8 Å². The van der Waals surface area contributed by atoms with Crippen LogP contribution in [-0.4, -0.2) is 41.2 Å². The number of nitro benzene ring substituents is 1. The van der Waals surface area contributed by atoms with Crippen LogP contribution in [0.4, 0.5) is 11.4 Å². The number of halogens is 1. The Bertz CT molecular complexity index is 1040. The maximum atomic E-state index is 12.2. The summed E-state index contributed by atoms with van der Waals surface area (Å²) in [6.45, 7) is 1.16. The summed E-state index contributed by atoms with van der Waals surface area (Å²) in [4.78, 5) is 47.7. The van der Waals surface area contributed by atoms with Crippen LogP contribution in [0, 0.1) is 17.0 Å². The lowest BCUT2D eigenvalue weighted by Gasteiger charge is -2.11. The van der Waals surface area contributed by atoms with Crippen LogP contribution in [0.2, 0.25) is 0 Å². The second-order valence-corrected chi connectivity index (χ2v) is 7.01. The molecule has 28 heavy (non-hydrogen) atoms. The Labute approximate surface area is 167 Å². The Hall–Kier alpha value is -3.27. The molecule has 3 rings (SSSR count). The van der Waals surface area contributed by atoms with E-state index in [0.717, 1.165) is 4.90 Å². The van der Waals surface area contributed by atoms with Gasteiger partial charge >= 0.3 is 5.69 Å². The number of hydrogen-bond acceptors (Lipinski definition) is 6. The highest BCUT2D eigenvalue weighted by atomic mass is 79.9. The normalized spacial score (nSPS) is 12.8. The van der Waals surface area contributed by atoms with Crippen molar-refractivity contribution < 1.29 is 24.0 Å². The van der Waals surface area contributed by atoms with Gasteiger partial charge in [-0.2, -0.15) is 0 Å². The molecule has 1 heterocycles. The number of carbonyl (C=O) groups is 3.